The number of unbranched alkanes of at least 4 members (excludes halogenated alkanes) is 6. The molecule has 0 aliphatic heterocycles. The molecule has 0 heterocycles. The minimum Gasteiger partial charge on any atom is -0.666 e. The molecule has 0 aliphatic carbocycles. The molecule has 0 spiro atoms. The van der Waals surface area contributed by atoms with Crippen LogP contribution in [0.4, 0.5) is 4.79 Å². The molecule has 21 heavy (non-hydrogen) atoms. The summed E-state index contributed by atoms with van der Waals surface area (Å²) in [5, 5.41) is 5.20. The van der Waals surface area contributed by atoms with Gasteiger partial charge in [-0.25, -0.2) is 4.79 Å². The molecule has 0 aliphatic rings. The first kappa shape index (κ1) is 23.5. The first-order chi connectivity index (χ1) is 9.40. The van der Waals surface area contributed by atoms with E-state index >= 15 is 0 Å². The van der Waals surface area contributed by atoms with Gasteiger partial charge in [0.15, 0.2) is 0 Å². The molecule has 0 aromatic carbocycles. The van der Waals surface area contributed by atoms with Gasteiger partial charge >= 0.3 is 6.03 Å². The van der Waals surface area contributed by atoms with Crippen LogP contribution in [0.15, 0.2) is 0 Å². The molecule has 121 valence electrons. The van der Waals surface area contributed by atoms with Crippen LogP contribution < -0.4 is 10.6 Å². The zero-order valence-electron chi connectivity index (χ0n) is 13.2. The topological polar surface area (TPSA) is 82.0 Å². The summed E-state index contributed by atoms with van der Waals surface area (Å²) in [5.41, 5.74) is 5.90. The SMILES string of the molecule is CC(C)(NC(=O)NCCCCCCCCCS)C([NH-])=O.[Y]. The molecule has 5 nitrogen and oxygen atoms in total. The van der Waals surface area contributed by atoms with Crippen LogP contribution in [0.3, 0.4) is 0 Å². The van der Waals surface area contributed by atoms with Gasteiger partial charge in [-0.05, 0) is 32.4 Å². The average molecular weight is 391 g/mol. The maximum Gasteiger partial charge on any atom is 0.315 e. The molecule has 7 heteroatoms. The van der Waals surface area contributed by atoms with E-state index in [1.54, 1.807) is 0 Å². The van der Waals surface area contributed by atoms with Crippen LogP contribution in [0.25, 0.3) is 5.73 Å². The van der Waals surface area contributed by atoms with Gasteiger partial charge in [0.25, 0.3) is 0 Å². The van der Waals surface area contributed by atoms with Crippen molar-refractivity contribution in [3.05, 3.63) is 5.73 Å². The second-order valence-corrected chi connectivity index (χ2v) is 5.98. The van der Waals surface area contributed by atoms with Crippen molar-refractivity contribution in [1.29, 1.82) is 0 Å². The molecule has 0 aromatic rings. The Morgan fingerprint density at radius 3 is 1.95 bits per heavy atom. The molecular weight excluding hydrogens is 363 g/mol. The maximum absolute atomic E-state index is 11.5. The molecule has 0 fully saturated rings. The molecule has 0 unspecified atom stereocenters. The number of amides is 3. The predicted octanol–water partition coefficient (Wildman–Crippen LogP) is 3.30. The average Bonchev–Trinajstić information content (AvgIpc) is 2.36. The number of urea groups is 1. The summed E-state index contributed by atoms with van der Waals surface area (Å²) in [6.45, 7) is 3.64. The van der Waals surface area contributed by atoms with E-state index in [1.165, 1.54) is 46.0 Å². The van der Waals surface area contributed by atoms with Crippen LogP contribution in [-0.2, 0) is 37.5 Å². The molecule has 0 rings (SSSR count). The molecule has 0 saturated heterocycles. The van der Waals surface area contributed by atoms with Gasteiger partial charge in [-0.3, -0.25) is 0 Å². The minimum atomic E-state index is -1.13. The van der Waals surface area contributed by atoms with Crippen LogP contribution in [0.2, 0.25) is 0 Å². The van der Waals surface area contributed by atoms with Crippen molar-refractivity contribution in [2.75, 3.05) is 12.3 Å². The van der Waals surface area contributed by atoms with Gasteiger partial charge in [0.1, 0.15) is 0 Å². The Morgan fingerprint density at radius 1 is 1.00 bits per heavy atom. The van der Waals surface area contributed by atoms with Crippen molar-refractivity contribution in [1.82, 2.24) is 10.6 Å². The smallest absolute Gasteiger partial charge is 0.315 e. The van der Waals surface area contributed by atoms with Gasteiger partial charge < -0.3 is 21.2 Å². The van der Waals surface area contributed by atoms with E-state index in [1.807, 2.05) is 0 Å². The van der Waals surface area contributed by atoms with Gasteiger partial charge in [-0.2, -0.15) is 12.6 Å². The third kappa shape index (κ3) is 13.6. The van der Waals surface area contributed by atoms with Crippen molar-refractivity contribution in [3.8, 4) is 0 Å². The van der Waals surface area contributed by atoms with E-state index in [9.17, 15) is 9.59 Å². The van der Waals surface area contributed by atoms with Gasteiger partial charge in [0.05, 0.1) is 11.4 Å². The van der Waals surface area contributed by atoms with E-state index in [2.05, 4.69) is 23.3 Å². The monoisotopic (exact) mass is 391 g/mol. The molecular formula is C14H28N3O2SY-. The predicted molar refractivity (Wildman–Crippen MR) is 86.1 cm³/mol. The Morgan fingerprint density at radius 2 is 1.48 bits per heavy atom. The third-order valence-electron chi connectivity index (χ3n) is 3.11. The number of carbonyl (C=O) groups is 2. The number of hydrogen-bond acceptors (Lipinski definition) is 3. The first-order valence-corrected chi connectivity index (χ1v) is 7.96. The summed E-state index contributed by atoms with van der Waals surface area (Å²) >= 11 is 4.17. The minimum absolute atomic E-state index is 0. The summed E-state index contributed by atoms with van der Waals surface area (Å²) in [7, 11) is 0. The zero-order chi connectivity index (χ0) is 15.4. The number of rotatable bonds is 11. The summed E-state index contributed by atoms with van der Waals surface area (Å²) in [6, 6.07) is -0.385. The molecule has 1 radical (unpaired) electrons. The summed E-state index contributed by atoms with van der Waals surface area (Å²) < 4.78 is 0. The van der Waals surface area contributed by atoms with Crippen molar-refractivity contribution in [3.63, 3.8) is 0 Å². The van der Waals surface area contributed by atoms with Gasteiger partial charge in [0.2, 0.25) is 0 Å². The maximum atomic E-state index is 11.5. The molecule has 0 aromatic heterocycles. The fourth-order valence-electron chi connectivity index (χ4n) is 1.71. The summed E-state index contributed by atoms with van der Waals surface area (Å²) in [4.78, 5) is 22.4. The van der Waals surface area contributed by atoms with Crippen molar-refractivity contribution in [2.24, 2.45) is 0 Å². The van der Waals surface area contributed by atoms with Crippen LogP contribution in [-0.4, -0.2) is 29.8 Å². The van der Waals surface area contributed by atoms with E-state index in [4.69, 9.17) is 5.73 Å². The quantitative estimate of drug-likeness (QED) is 0.373. The Bertz CT molecular complexity index is 302. The van der Waals surface area contributed by atoms with Crippen LogP contribution in [0, 0.1) is 0 Å². The van der Waals surface area contributed by atoms with E-state index in [0.29, 0.717) is 6.54 Å². The summed E-state index contributed by atoms with van der Waals surface area (Å²) in [6.07, 6.45) is 8.16. The normalized spacial score (nSPS) is 10.6. The van der Waals surface area contributed by atoms with Gasteiger partial charge in [0, 0.05) is 39.3 Å². The molecule has 0 atom stereocenters. The Labute approximate surface area is 159 Å². The Balaban J connectivity index is 0. The molecule has 0 bridgehead atoms. The van der Waals surface area contributed by atoms with Gasteiger partial charge in [-0.15, -0.1) is 0 Å². The third-order valence-corrected chi connectivity index (χ3v) is 3.43. The summed E-state index contributed by atoms with van der Waals surface area (Å²) in [5.74, 6) is 0.171. The molecule has 3 amide bonds. The van der Waals surface area contributed by atoms with Gasteiger partial charge in [-0.1, -0.05) is 32.1 Å². The largest absolute Gasteiger partial charge is 0.666 e. The van der Waals surface area contributed by atoms with E-state index < -0.39 is 11.4 Å². The number of nitrogens with one attached hydrogen (secondary N) is 3. The second kappa shape index (κ2) is 13.8. The standard InChI is InChI=1S/C14H29N3O2S.Y/c1-14(2,12(15)18)17-13(19)16-10-8-6-4-3-5-7-9-11-20;/h3-11H2,1-2H3,(H5,15,16,17,18,19,20);/p-1. The fourth-order valence-corrected chi connectivity index (χ4v) is 1.93. The second-order valence-electron chi connectivity index (χ2n) is 5.53. The van der Waals surface area contributed by atoms with Crippen LogP contribution in [0.5, 0.6) is 0 Å². The Hall–Kier alpha value is 0.194. The number of carbonyl (C=O) groups excluding carboxylic acids is 2. The van der Waals surface area contributed by atoms with Crippen LogP contribution >= 0.6 is 12.6 Å². The first-order valence-electron chi connectivity index (χ1n) is 7.33. The fraction of sp³-hybridized carbons (Fsp3) is 0.857. The van der Waals surface area contributed by atoms with Crippen LogP contribution in [0.1, 0.15) is 58.8 Å². The zero-order valence-corrected chi connectivity index (χ0v) is 16.9. The van der Waals surface area contributed by atoms with Crippen molar-refractivity contribution < 1.29 is 42.3 Å². The van der Waals surface area contributed by atoms with Crippen molar-refractivity contribution in [2.45, 2.75) is 64.3 Å². The molecule has 3 N–H and O–H groups in total. The molecule has 0 saturated carbocycles. The number of hydrogen-bond donors (Lipinski definition) is 3. The van der Waals surface area contributed by atoms with E-state index in [0.717, 1.165) is 18.6 Å². The van der Waals surface area contributed by atoms with Crippen molar-refractivity contribution >= 4 is 24.6 Å². The van der Waals surface area contributed by atoms with E-state index in [-0.39, 0.29) is 38.7 Å². The number of thiol groups is 1. The Kier molecular flexibility index (Phi) is 15.4.